The van der Waals surface area contributed by atoms with Gasteiger partial charge < -0.3 is 15.7 Å². The quantitative estimate of drug-likeness (QED) is 0.761. The third kappa shape index (κ3) is 3.78. The van der Waals surface area contributed by atoms with E-state index in [0.29, 0.717) is 17.4 Å². The van der Waals surface area contributed by atoms with Gasteiger partial charge in [0.1, 0.15) is 11.8 Å². The summed E-state index contributed by atoms with van der Waals surface area (Å²) in [6.07, 6.45) is 0.810. The van der Waals surface area contributed by atoms with Crippen LogP contribution in [0.1, 0.15) is 18.2 Å². The highest BCUT2D eigenvalue weighted by Crippen LogP contribution is 2.22. The van der Waals surface area contributed by atoms with E-state index in [1.807, 2.05) is 26.1 Å². The molecule has 1 aromatic carbocycles. The average molecular weight is 323 g/mol. The summed E-state index contributed by atoms with van der Waals surface area (Å²) in [5.74, 6) is -0.444. The van der Waals surface area contributed by atoms with Crippen LogP contribution in [0, 0.1) is 0 Å². The number of carbonyl (C=O) groups excluding carboxylic acids is 1. The van der Waals surface area contributed by atoms with Crippen LogP contribution in [0.4, 0.5) is 11.4 Å². The number of aryl methyl sites for hydroxylation is 2. The summed E-state index contributed by atoms with van der Waals surface area (Å²) in [6.45, 7) is 2.04. The molecule has 2 aromatic rings. The summed E-state index contributed by atoms with van der Waals surface area (Å²) in [7, 11) is 1.82. The molecule has 0 saturated carbocycles. The van der Waals surface area contributed by atoms with Crippen LogP contribution in [0.2, 0.25) is 5.15 Å². The first-order valence-electron chi connectivity index (χ1n) is 7.00. The lowest BCUT2D eigenvalue weighted by Crippen LogP contribution is -2.15. The SMILES string of the molecule is CCc1nn(C)c(Cl)c1CNc1cccc(NC(=O)CO)c1. The fraction of sp³-hybridized carbons (Fsp3) is 0.333. The standard InChI is InChI=1S/C15H19ClN4O2/c1-3-13-12(15(16)20(2)19-13)8-17-10-5-4-6-11(7-10)18-14(22)9-21/h4-7,17,21H,3,8-9H2,1-2H3,(H,18,22). The first kappa shape index (κ1) is 16.3. The number of aliphatic hydroxyl groups excluding tert-OH is 1. The van der Waals surface area contributed by atoms with Gasteiger partial charge in [0.15, 0.2) is 0 Å². The Morgan fingerprint density at radius 2 is 2.14 bits per heavy atom. The van der Waals surface area contributed by atoms with Crippen LogP contribution in [0.25, 0.3) is 0 Å². The van der Waals surface area contributed by atoms with Crippen LogP contribution in [-0.4, -0.2) is 27.4 Å². The van der Waals surface area contributed by atoms with E-state index < -0.39 is 12.5 Å². The van der Waals surface area contributed by atoms with Crippen molar-refractivity contribution in [1.82, 2.24) is 9.78 Å². The Morgan fingerprint density at radius 1 is 1.41 bits per heavy atom. The van der Waals surface area contributed by atoms with E-state index in [1.54, 1.807) is 16.8 Å². The van der Waals surface area contributed by atoms with E-state index in [2.05, 4.69) is 15.7 Å². The van der Waals surface area contributed by atoms with Crippen molar-refractivity contribution < 1.29 is 9.90 Å². The molecule has 0 radical (unpaired) electrons. The summed E-state index contributed by atoms with van der Waals surface area (Å²) in [6, 6.07) is 7.27. The zero-order valence-corrected chi connectivity index (χ0v) is 13.3. The molecule has 3 N–H and O–H groups in total. The molecule has 0 saturated heterocycles. The van der Waals surface area contributed by atoms with Gasteiger partial charge in [-0.15, -0.1) is 0 Å². The van der Waals surface area contributed by atoms with Gasteiger partial charge >= 0.3 is 0 Å². The number of hydrogen-bond acceptors (Lipinski definition) is 4. The monoisotopic (exact) mass is 322 g/mol. The zero-order valence-electron chi connectivity index (χ0n) is 12.6. The van der Waals surface area contributed by atoms with Gasteiger partial charge in [-0.05, 0) is 24.6 Å². The van der Waals surface area contributed by atoms with Crippen molar-refractivity contribution >= 4 is 28.9 Å². The molecule has 0 atom stereocenters. The molecular weight excluding hydrogens is 304 g/mol. The largest absolute Gasteiger partial charge is 0.387 e. The molecule has 22 heavy (non-hydrogen) atoms. The molecule has 0 aliphatic heterocycles. The highest BCUT2D eigenvalue weighted by molar-refractivity contribution is 6.30. The zero-order chi connectivity index (χ0) is 16.1. The Bertz CT molecular complexity index is 670. The van der Waals surface area contributed by atoms with Gasteiger partial charge in [0.25, 0.3) is 0 Å². The highest BCUT2D eigenvalue weighted by Gasteiger charge is 2.12. The fourth-order valence-corrected chi connectivity index (χ4v) is 2.37. The lowest BCUT2D eigenvalue weighted by molar-refractivity contribution is -0.118. The molecular formula is C15H19ClN4O2. The lowest BCUT2D eigenvalue weighted by Gasteiger charge is -2.09. The molecule has 0 spiro atoms. The molecule has 0 bridgehead atoms. The maximum absolute atomic E-state index is 11.2. The Morgan fingerprint density at radius 3 is 2.82 bits per heavy atom. The van der Waals surface area contributed by atoms with Gasteiger partial charge in [-0.1, -0.05) is 24.6 Å². The van der Waals surface area contributed by atoms with Crippen LogP contribution < -0.4 is 10.6 Å². The number of aromatic nitrogens is 2. The number of nitrogens with one attached hydrogen (secondary N) is 2. The molecule has 0 aliphatic carbocycles. The van der Waals surface area contributed by atoms with E-state index in [4.69, 9.17) is 16.7 Å². The second-order valence-electron chi connectivity index (χ2n) is 4.83. The Kier molecular flexibility index (Phi) is 5.41. The van der Waals surface area contributed by atoms with Crippen molar-refractivity contribution in [2.75, 3.05) is 17.2 Å². The number of anilines is 2. The summed E-state index contributed by atoms with van der Waals surface area (Å²) in [4.78, 5) is 11.2. The topological polar surface area (TPSA) is 79.2 Å². The van der Waals surface area contributed by atoms with E-state index in [0.717, 1.165) is 23.4 Å². The Hall–Kier alpha value is -2.05. The molecule has 1 heterocycles. The highest BCUT2D eigenvalue weighted by atomic mass is 35.5. The van der Waals surface area contributed by atoms with Gasteiger partial charge in [-0.25, -0.2) is 0 Å². The summed E-state index contributed by atoms with van der Waals surface area (Å²) < 4.78 is 1.66. The summed E-state index contributed by atoms with van der Waals surface area (Å²) >= 11 is 6.25. The average Bonchev–Trinajstić information content (AvgIpc) is 2.80. The number of rotatable bonds is 6. The van der Waals surface area contributed by atoms with Crippen molar-refractivity contribution in [3.05, 3.63) is 40.7 Å². The summed E-state index contributed by atoms with van der Waals surface area (Å²) in [5, 5.41) is 19.6. The van der Waals surface area contributed by atoms with E-state index >= 15 is 0 Å². The van der Waals surface area contributed by atoms with Crippen LogP contribution >= 0.6 is 11.6 Å². The van der Waals surface area contributed by atoms with Crippen LogP contribution in [0.3, 0.4) is 0 Å². The minimum atomic E-state index is -0.539. The number of aliphatic hydroxyl groups is 1. The number of carbonyl (C=O) groups is 1. The number of amides is 1. The normalized spacial score (nSPS) is 10.5. The van der Waals surface area contributed by atoms with Crippen molar-refractivity contribution in [3.63, 3.8) is 0 Å². The third-order valence-corrected chi connectivity index (χ3v) is 3.72. The van der Waals surface area contributed by atoms with E-state index in [9.17, 15) is 4.79 Å². The van der Waals surface area contributed by atoms with Crippen LogP contribution in [-0.2, 0) is 24.8 Å². The van der Waals surface area contributed by atoms with Crippen molar-refractivity contribution in [3.8, 4) is 0 Å². The van der Waals surface area contributed by atoms with Crippen molar-refractivity contribution in [1.29, 1.82) is 0 Å². The second-order valence-corrected chi connectivity index (χ2v) is 5.19. The Balaban J connectivity index is 2.09. The number of nitrogens with zero attached hydrogens (tertiary/aromatic N) is 2. The smallest absolute Gasteiger partial charge is 0.250 e. The molecule has 7 heteroatoms. The molecule has 0 unspecified atom stereocenters. The molecule has 6 nitrogen and oxygen atoms in total. The fourth-order valence-electron chi connectivity index (χ4n) is 2.16. The van der Waals surface area contributed by atoms with Gasteiger partial charge in [-0.3, -0.25) is 9.48 Å². The molecule has 1 aromatic heterocycles. The first-order valence-corrected chi connectivity index (χ1v) is 7.37. The number of halogens is 1. The molecule has 1 amide bonds. The number of benzene rings is 1. The Labute approximate surface area is 134 Å². The molecule has 0 fully saturated rings. The maximum Gasteiger partial charge on any atom is 0.250 e. The maximum atomic E-state index is 11.2. The minimum Gasteiger partial charge on any atom is -0.387 e. The molecule has 2 rings (SSSR count). The third-order valence-electron chi connectivity index (χ3n) is 3.25. The van der Waals surface area contributed by atoms with Gasteiger partial charge in [0, 0.05) is 30.5 Å². The number of hydrogen-bond donors (Lipinski definition) is 3. The van der Waals surface area contributed by atoms with E-state index in [-0.39, 0.29) is 0 Å². The lowest BCUT2D eigenvalue weighted by atomic mass is 10.2. The van der Waals surface area contributed by atoms with Crippen molar-refractivity contribution in [2.45, 2.75) is 19.9 Å². The van der Waals surface area contributed by atoms with Crippen molar-refractivity contribution in [2.24, 2.45) is 7.05 Å². The molecule has 118 valence electrons. The van der Waals surface area contributed by atoms with Gasteiger partial charge in [0.2, 0.25) is 5.91 Å². The van der Waals surface area contributed by atoms with Gasteiger partial charge in [-0.2, -0.15) is 5.10 Å². The van der Waals surface area contributed by atoms with Crippen LogP contribution in [0.5, 0.6) is 0 Å². The predicted octanol–water partition coefficient (Wildman–Crippen LogP) is 2.18. The van der Waals surface area contributed by atoms with Gasteiger partial charge in [0.05, 0.1) is 5.69 Å². The minimum absolute atomic E-state index is 0.444. The summed E-state index contributed by atoms with van der Waals surface area (Å²) in [5.41, 5.74) is 3.40. The predicted molar refractivity (Wildman–Crippen MR) is 87.1 cm³/mol. The van der Waals surface area contributed by atoms with Crippen LogP contribution in [0.15, 0.2) is 24.3 Å². The molecule has 0 aliphatic rings. The second kappa shape index (κ2) is 7.29. The first-order chi connectivity index (χ1) is 10.5. The van der Waals surface area contributed by atoms with E-state index in [1.165, 1.54) is 0 Å².